The number of benzene rings is 2. The largest absolute Gasteiger partial charge is 0.399 e. The Hall–Kier alpha value is -2.43. The first-order valence-electron chi connectivity index (χ1n) is 6.50. The van der Waals surface area contributed by atoms with Gasteiger partial charge in [0.25, 0.3) is 5.91 Å². The predicted molar refractivity (Wildman–Crippen MR) is 77.8 cm³/mol. The molecule has 0 saturated heterocycles. The Balaban J connectivity index is 2.16. The Morgan fingerprint density at radius 2 is 1.90 bits per heavy atom. The van der Waals surface area contributed by atoms with Crippen molar-refractivity contribution in [3.63, 3.8) is 0 Å². The quantitative estimate of drug-likeness (QED) is 0.852. The van der Waals surface area contributed by atoms with Crippen LogP contribution in [0.5, 0.6) is 0 Å². The second kappa shape index (κ2) is 5.91. The summed E-state index contributed by atoms with van der Waals surface area (Å²) < 4.78 is 26.5. The fourth-order valence-corrected chi connectivity index (χ4v) is 2.03. The predicted octanol–water partition coefficient (Wildman–Crippen LogP) is 3.35. The fraction of sp³-hybridized carbons (Fsp3) is 0.188. The molecule has 0 bridgehead atoms. The van der Waals surface area contributed by atoms with E-state index in [9.17, 15) is 13.6 Å². The van der Waals surface area contributed by atoms with Gasteiger partial charge in [0.1, 0.15) is 11.6 Å². The maximum absolute atomic E-state index is 13.7. The molecule has 2 aromatic rings. The lowest BCUT2D eigenvalue weighted by Crippen LogP contribution is -2.27. The molecule has 0 aliphatic carbocycles. The van der Waals surface area contributed by atoms with Crippen LogP contribution >= 0.6 is 0 Å². The Bertz CT molecular complexity index is 686. The van der Waals surface area contributed by atoms with Crippen molar-refractivity contribution in [3.05, 3.63) is 64.7 Å². The summed E-state index contributed by atoms with van der Waals surface area (Å²) in [4.78, 5) is 12.1. The Morgan fingerprint density at radius 1 is 1.19 bits per heavy atom. The Kier molecular flexibility index (Phi) is 4.21. The third kappa shape index (κ3) is 3.37. The summed E-state index contributed by atoms with van der Waals surface area (Å²) >= 11 is 0. The number of carbonyl (C=O) groups is 1. The van der Waals surface area contributed by atoms with Crippen LogP contribution in [0.2, 0.25) is 0 Å². The second-order valence-electron chi connectivity index (χ2n) is 4.93. The van der Waals surface area contributed by atoms with E-state index in [0.717, 1.165) is 17.7 Å². The lowest BCUT2D eigenvalue weighted by Gasteiger charge is -2.15. The number of rotatable bonds is 3. The monoisotopic (exact) mass is 290 g/mol. The smallest absolute Gasteiger partial charge is 0.251 e. The van der Waals surface area contributed by atoms with Crippen LogP contribution in [0.15, 0.2) is 36.4 Å². The van der Waals surface area contributed by atoms with E-state index < -0.39 is 17.7 Å². The van der Waals surface area contributed by atoms with E-state index in [1.165, 1.54) is 6.07 Å². The van der Waals surface area contributed by atoms with Gasteiger partial charge in [-0.25, -0.2) is 8.78 Å². The number of carbonyl (C=O) groups excluding carboxylic acids is 1. The molecule has 3 N–H and O–H groups in total. The fourth-order valence-electron chi connectivity index (χ4n) is 2.03. The highest BCUT2D eigenvalue weighted by Gasteiger charge is 2.15. The van der Waals surface area contributed by atoms with Crippen molar-refractivity contribution in [1.29, 1.82) is 0 Å². The van der Waals surface area contributed by atoms with Crippen molar-refractivity contribution < 1.29 is 13.6 Å². The average Bonchev–Trinajstić information content (AvgIpc) is 2.41. The van der Waals surface area contributed by atoms with Gasteiger partial charge in [0.2, 0.25) is 0 Å². The zero-order chi connectivity index (χ0) is 15.6. The molecular formula is C16H16F2N2O. The van der Waals surface area contributed by atoms with Gasteiger partial charge in [-0.3, -0.25) is 4.79 Å². The molecule has 0 radical (unpaired) electrons. The lowest BCUT2D eigenvalue weighted by molar-refractivity contribution is 0.0939. The van der Waals surface area contributed by atoms with Crippen molar-refractivity contribution in [1.82, 2.24) is 5.32 Å². The van der Waals surface area contributed by atoms with Crippen molar-refractivity contribution >= 4 is 11.6 Å². The van der Waals surface area contributed by atoms with E-state index >= 15 is 0 Å². The first-order chi connectivity index (χ1) is 9.88. The molecule has 0 aliphatic rings. The molecule has 5 heteroatoms. The van der Waals surface area contributed by atoms with Crippen LogP contribution in [-0.4, -0.2) is 5.91 Å². The van der Waals surface area contributed by atoms with Crippen molar-refractivity contribution in [3.8, 4) is 0 Å². The maximum atomic E-state index is 13.7. The Morgan fingerprint density at radius 3 is 2.52 bits per heavy atom. The number of amides is 1. The highest BCUT2D eigenvalue weighted by Crippen LogP contribution is 2.19. The van der Waals surface area contributed by atoms with Gasteiger partial charge in [-0.05, 0) is 43.7 Å². The number of hydrogen-bond donors (Lipinski definition) is 2. The van der Waals surface area contributed by atoms with Gasteiger partial charge in [-0.2, -0.15) is 0 Å². The molecule has 1 amide bonds. The minimum absolute atomic E-state index is 0.233. The van der Waals surface area contributed by atoms with Gasteiger partial charge in [-0.15, -0.1) is 0 Å². The number of nitrogens with one attached hydrogen (secondary N) is 1. The number of hydrogen-bond acceptors (Lipinski definition) is 2. The summed E-state index contributed by atoms with van der Waals surface area (Å²) in [6.45, 7) is 3.44. The topological polar surface area (TPSA) is 55.1 Å². The molecule has 0 heterocycles. The molecule has 0 fully saturated rings. The van der Waals surface area contributed by atoms with Crippen molar-refractivity contribution in [2.45, 2.75) is 19.9 Å². The average molecular weight is 290 g/mol. The summed E-state index contributed by atoms with van der Waals surface area (Å²) in [6, 6.07) is 7.62. The van der Waals surface area contributed by atoms with Gasteiger partial charge in [0.05, 0.1) is 6.04 Å². The van der Waals surface area contributed by atoms with Gasteiger partial charge < -0.3 is 11.1 Å². The molecule has 21 heavy (non-hydrogen) atoms. The first kappa shape index (κ1) is 15.0. The number of nitrogens with two attached hydrogens (primary N) is 1. The summed E-state index contributed by atoms with van der Waals surface area (Å²) in [6.07, 6.45) is 0. The van der Waals surface area contributed by atoms with Crippen molar-refractivity contribution in [2.24, 2.45) is 0 Å². The highest BCUT2D eigenvalue weighted by molar-refractivity contribution is 5.95. The minimum atomic E-state index is -0.684. The van der Waals surface area contributed by atoms with Gasteiger partial charge in [0.15, 0.2) is 0 Å². The summed E-state index contributed by atoms with van der Waals surface area (Å²) in [5.41, 5.74) is 7.77. The molecule has 0 aliphatic heterocycles. The molecular weight excluding hydrogens is 274 g/mol. The third-order valence-corrected chi connectivity index (χ3v) is 3.31. The van der Waals surface area contributed by atoms with Crippen molar-refractivity contribution in [2.75, 3.05) is 5.73 Å². The van der Waals surface area contributed by atoms with Gasteiger partial charge in [-0.1, -0.05) is 6.07 Å². The zero-order valence-electron chi connectivity index (χ0n) is 11.8. The molecule has 0 saturated carbocycles. The molecule has 0 spiro atoms. The van der Waals surface area contributed by atoms with E-state index in [4.69, 9.17) is 5.73 Å². The summed E-state index contributed by atoms with van der Waals surface area (Å²) in [5.74, 6) is -1.67. The molecule has 1 unspecified atom stereocenters. The molecule has 2 rings (SSSR count). The summed E-state index contributed by atoms with van der Waals surface area (Å²) in [7, 11) is 0. The number of halogens is 2. The first-order valence-corrected chi connectivity index (χ1v) is 6.50. The molecule has 110 valence electrons. The van der Waals surface area contributed by atoms with E-state index in [-0.39, 0.29) is 11.5 Å². The van der Waals surface area contributed by atoms with Crippen LogP contribution in [0.1, 0.15) is 34.5 Å². The molecule has 2 aromatic carbocycles. The van der Waals surface area contributed by atoms with Gasteiger partial charge in [0, 0.05) is 22.9 Å². The molecule has 3 nitrogen and oxygen atoms in total. The minimum Gasteiger partial charge on any atom is -0.399 e. The lowest BCUT2D eigenvalue weighted by atomic mass is 10.1. The van der Waals surface area contributed by atoms with Crippen LogP contribution in [0, 0.1) is 18.6 Å². The number of nitrogen functional groups attached to an aromatic ring is 1. The molecule has 1 atom stereocenters. The van der Waals surface area contributed by atoms with E-state index in [1.54, 1.807) is 32.0 Å². The van der Waals surface area contributed by atoms with Crippen LogP contribution < -0.4 is 11.1 Å². The maximum Gasteiger partial charge on any atom is 0.251 e. The van der Waals surface area contributed by atoms with E-state index in [2.05, 4.69) is 5.32 Å². The van der Waals surface area contributed by atoms with Crippen LogP contribution in [0.4, 0.5) is 14.5 Å². The van der Waals surface area contributed by atoms with Crippen LogP contribution in [0.25, 0.3) is 0 Å². The highest BCUT2D eigenvalue weighted by atomic mass is 19.1. The van der Waals surface area contributed by atoms with Crippen LogP contribution in [0.3, 0.4) is 0 Å². The van der Waals surface area contributed by atoms with E-state index in [0.29, 0.717) is 11.3 Å². The third-order valence-electron chi connectivity index (χ3n) is 3.31. The van der Waals surface area contributed by atoms with Crippen LogP contribution in [-0.2, 0) is 0 Å². The normalized spacial score (nSPS) is 12.0. The molecule has 0 aromatic heterocycles. The Labute approximate surface area is 121 Å². The summed E-state index contributed by atoms with van der Waals surface area (Å²) in [5, 5.41) is 2.68. The number of aryl methyl sites for hydroxylation is 1. The zero-order valence-corrected chi connectivity index (χ0v) is 11.8. The number of anilines is 1. The van der Waals surface area contributed by atoms with E-state index in [1.807, 2.05) is 0 Å². The standard InChI is InChI=1S/C16H16F2N2O/c1-9-7-11(3-6-15(9)19)16(21)20-10(2)13-5-4-12(17)8-14(13)18/h3-8,10H,19H2,1-2H3,(H,20,21). The second-order valence-corrected chi connectivity index (χ2v) is 4.93. The SMILES string of the molecule is Cc1cc(C(=O)NC(C)c2ccc(F)cc2F)ccc1N. The van der Waals surface area contributed by atoms with Gasteiger partial charge >= 0.3 is 0 Å².